The maximum atomic E-state index is 13.4. The Kier molecular flexibility index (Phi) is 5.09. The molecule has 0 aliphatic heterocycles. The van der Waals surface area contributed by atoms with E-state index < -0.39 is 0 Å². The van der Waals surface area contributed by atoms with Crippen LogP contribution < -0.4 is 5.32 Å². The normalized spacial score (nSPS) is 11.1. The molecule has 2 aromatic rings. The maximum absolute atomic E-state index is 13.4. The van der Waals surface area contributed by atoms with E-state index in [1.165, 1.54) is 12.1 Å². The van der Waals surface area contributed by atoms with Gasteiger partial charge in [-0.25, -0.2) is 4.39 Å². The highest BCUT2D eigenvalue weighted by Gasteiger charge is 2.06. The standard InChI is InChI=1S/C17H20FN3O/c1-12-15(13(2)21(3)20-12)8-9-17(22)19-11-10-14-6-4-5-7-16(14)18/h4-9H,10-11H2,1-3H3,(H,19,22)/b9-8+. The average molecular weight is 301 g/mol. The van der Waals surface area contributed by atoms with Gasteiger partial charge in [0.15, 0.2) is 0 Å². The molecule has 0 spiro atoms. The third kappa shape index (κ3) is 3.81. The number of aryl methyl sites for hydroxylation is 2. The quantitative estimate of drug-likeness (QED) is 0.863. The van der Waals surface area contributed by atoms with Crippen LogP contribution in [0.1, 0.15) is 22.5 Å². The molecule has 1 heterocycles. The lowest BCUT2D eigenvalue weighted by Gasteiger charge is -2.03. The molecule has 0 radical (unpaired) electrons. The zero-order chi connectivity index (χ0) is 16.1. The van der Waals surface area contributed by atoms with E-state index in [9.17, 15) is 9.18 Å². The number of benzene rings is 1. The molecular weight excluding hydrogens is 281 g/mol. The Hall–Kier alpha value is -2.43. The smallest absolute Gasteiger partial charge is 0.244 e. The molecule has 1 amide bonds. The van der Waals surface area contributed by atoms with Gasteiger partial charge in [0.05, 0.1) is 5.69 Å². The second-order valence-corrected chi connectivity index (χ2v) is 5.17. The van der Waals surface area contributed by atoms with Crippen LogP contribution in [0.25, 0.3) is 6.08 Å². The van der Waals surface area contributed by atoms with Crippen LogP contribution in [-0.4, -0.2) is 22.2 Å². The van der Waals surface area contributed by atoms with Gasteiger partial charge in [-0.2, -0.15) is 5.10 Å². The van der Waals surface area contributed by atoms with Gasteiger partial charge < -0.3 is 5.32 Å². The van der Waals surface area contributed by atoms with Crippen molar-refractivity contribution in [3.8, 4) is 0 Å². The van der Waals surface area contributed by atoms with Crippen LogP contribution in [0.4, 0.5) is 4.39 Å². The van der Waals surface area contributed by atoms with Crippen molar-refractivity contribution in [3.63, 3.8) is 0 Å². The molecule has 0 saturated heterocycles. The molecule has 22 heavy (non-hydrogen) atoms. The summed E-state index contributed by atoms with van der Waals surface area (Å²) in [4.78, 5) is 11.8. The van der Waals surface area contributed by atoms with Crippen molar-refractivity contribution in [1.82, 2.24) is 15.1 Å². The Balaban J connectivity index is 1.88. The minimum atomic E-state index is -0.242. The van der Waals surface area contributed by atoms with E-state index >= 15 is 0 Å². The van der Waals surface area contributed by atoms with E-state index in [1.54, 1.807) is 29.0 Å². The van der Waals surface area contributed by atoms with Gasteiger partial charge in [0.25, 0.3) is 0 Å². The summed E-state index contributed by atoms with van der Waals surface area (Å²) in [5.41, 5.74) is 3.45. The van der Waals surface area contributed by atoms with Crippen molar-refractivity contribution in [3.05, 3.63) is 58.7 Å². The number of carbonyl (C=O) groups excluding carboxylic acids is 1. The predicted octanol–water partition coefficient (Wildman–Crippen LogP) is 2.55. The van der Waals surface area contributed by atoms with Gasteiger partial charge in [0.2, 0.25) is 5.91 Å². The summed E-state index contributed by atoms with van der Waals surface area (Å²) in [6.45, 7) is 4.26. The van der Waals surface area contributed by atoms with Crippen LogP contribution in [0.15, 0.2) is 30.3 Å². The first-order chi connectivity index (χ1) is 10.5. The third-order valence-electron chi connectivity index (χ3n) is 3.62. The molecule has 1 aromatic heterocycles. The predicted molar refractivity (Wildman–Crippen MR) is 84.8 cm³/mol. The fraction of sp³-hybridized carbons (Fsp3) is 0.294. The van der Waals surface area contributed by atoms with E-state index in [-0.39, 0.29) is 11.7 Å². The number of aromatic nitrogens is 2. The lowest BCUT2D eigenvalue weighted by Crippen LogP contribution is -2.23. The monoisotopic (exact) mass is 301 g/mol. The van der Waals surface area contributed by atoms with Gasteiger partial charge >= 0.3 is 0 Å². The van der Waals surface area contributed by atoms with Crippen molar-refractivity contribution in [2.45, 2.75) is 20.3 Å². The van der Waals surface area contributed by atoms with Gasteiger partial charge in [0.1, 0.15) is 5.82 Å². The third-order valence-corrected chi connectivity index (χ3v) is 3.62. The second-order valence-electron chi connectivity index (χ2n) is 5.17. The summed E-state index contributed by atoms with van der Waals surface area (Å²) >= 11 is 0. The van der Waals surface area contributed by atoms with Crippen molar-refractivity contribution < 1.29 is 9.18 Å². The minimum Gasteiger partial charge on any atom is -0.352 e. The molecule has 0 unspecified atom stereocenters. The van der Waals surface area contributed by atoms with Crippen LogP contribution in [0, 0.1) is 19.7 Å². The van der Waals surface area contributed by atoms with Gasteiger partial charge in [-0.05, 0) is 38.0 Å². The van der Waals surface area contributed by atoms with Gasteiger partial charge in [-0.1, -0.05) is 18.2 Å². The highest BCUT2D eigenvalue weighted by atomic mass is 19.1. The Morgan fingerprint density at radius 1 is 1.36 bits per heavy atom. The fourth-order valence-electron chi connectivity index (χ4n) is 2.27. The van der Waals surface area contributed by atoms with E-state index in [4.69, 9.17) is 0 Å². The highest BCUT2D eigenvalue weighted by Crippen LogP contribution is 2.13. The molecule has 0 atom stereocenters. The van der Waals surface area contributed by atoms with Gasteiger partial charge in [0, 0.05) is 30.9 Å². The lowest BCUT2D eigenvalue weighted by molar-refractivity contribution is -0.116. The largest absolute Gasteiger partial charge is 0.352 e. The number of hydrogen-bond acceptors (Lipinski definition) is 2. The molecule has 0 saturated carbocycles. The molecule has 0 aliphatic carbocycles. The van der Waals surface area contributed by atoms with Crippen LogP contribution in [0.5, 0.6) is 0 Å². The molecule has 1 aromatic carbocycles. The zero-order valence-electron chi connectivity index (χ0n) is 13.1. The Bertz CT molecular complexity index is 704. The van der Waals surface area contributed by atoms with Crippen molar-refractivity contribution in [2.24, 2.45) is 7.05 Å². The number of nitrogens with zero attached hydrogens (tertiary/aromatic N) is 2. The molecule has 5 heteroatoms. The molecular formula is C17H20FN3O. The first-order valence-corrected chi connectivity index (χ1v) is 7.18. The van der Waals surface area contributed by atoms with Crippen molar-refractivity contribution in [2.75, 3.05) is 6.54 Å². The first kappa shape index (κ1) is 15.9. The maximum Gasteiger partial charge on any atom is 0.244 e. The Morgan fingerprint density at radius 3 is 2.73 bits per heavy atom. The number of hydrogen-bond donors (Lipinski definition) is 1. The lowest BCUT2D eigenvalue weighted by atomic mass is 10.1. The van der Waals surface area contributed by atoms with Crippen LogP contribution >= 0.6 is 0 Å². The van der Waals surface area contributed by atoms with E-state index in [0.29, 0.717) is 18.5 Å². The zero-order valence-corrected chi connectivity index (χ0v) is 13.1. The van der Waals surface area contributed by atoms with Crippen LogP contribution in [0.3, 0.4) is 0 Å². The van der Waals surface area contributed by atoms with Gasteiger partial charge in [-0.3, -0.25) is 9.48 Å². The van der Waals surface area contributed by atoms with E-state index in [0.717, 1.165) is 17.0 Å². The number of halogens is 1. The number of carbonyl (C=O) groups is 1. The van der Waals surface area contributed by atoms with E-state index in [2.05, 4.69) is 10.4 Å². The van der Waals surface area contributed by atoms with Crippen LogP contribution in [-0.2, 0) is 18.3 Å². The molecule has 0 aliphatic rings. The highest BCUT2D eigenvalue weighted by molar-refractivity contribution is 5.91. The summed E-state index contributed by atoms with van der Waals surface area (Å²) in [6.07, 6.45) is 3.71. The summed E-state index contributed by atoms with van der Waals surface area (Å²) in [7, 11) is 1.87. The fourth-order valence-corrected chi connectivity index (χ4v) is 2.27. The Morgan fingerprint density at radius 2 is 2.09 bits per heavy atom. The number of nitrogens with one attached hydrogen (secondary N) is 1. The average Bonchev–Trinajstić information content (AvgIpc) is 2.72. The Labute approximate surface area is 129 Å². The number of rotatable bonds is 5. The molecule has 1 N–H and O–H groups in total. The molecule has 2 rings (SSSR count). The van der Waals surface area contributed by atoms with Crippen LogP contribution in [0.2, 0.25) is 0 Å². The molecule has 116 valence electrons. The van der Waals surface area contributed by atoms with Gasteiger partial charge in [-0.15, -0.1) is 0 Å². The summed E-state index contributed by atoms with van der Waals surface area (Å²) < 4.78 is 15.2. The minimum absolute atomic E-state index is 0.195. The van der Waals surface area contributed by atoms with Crippen molar-refractivity contribution in [1.29, 1.82) is 0 Å². The molecule has 0 bridgehead atoms. The molecule has 0 fully saturated rings. The second kappa shape index (κ2) is 7.02. The SMILES string of the molecule is Cc1nn(C)c(C)c1/C=C/C(=O)NCCc1ccccc1F. The van der Waals surface area contributed by atoms with E-state index in [1.807, 2.05) is 20.9 Å². The summed E-state index contributed by atoms with van der Waals surface area (Å²) in [5.74, 6) is -0.437. The summed E-state index contributed by atoms with van der Waals surface area (Å²) in [5, 5.41) is 7.05. The topological polar surface area (TPSA) is 46.9 Å². The summed E-state index contributed by atoms with van der Waals surface area (Å²) in [6, 6.07) is 6.58. The number of amides is 1. The van der Waals surface area contributed by atoms with Crippen molar-refractivity contribution >= 4 is 12.0 Å². The molecule has 4 nitrogen and oxygen atoms in total. The first-order valence-electron chi connectivity index (χ1n) is 7.18.